The highest BCUT2D eigenvalue weighted by Gasteiger charge is 2.22. The molecule has 1 aliphatic rings. The summed E-state index contributed by atoms with van der Waals surface area (Å²) in [7, 11) is 2.32. The molecule has 1 aliphatic carbocycles. The van der Waals surface area contributed by atoms with E-state index in [2.05, 4.69) is 18.9 Å². The standard InChI is InChI=1S/C15H30ClN/c1-3-14-8-10-15(11-9-14)17(2)13-7-5-4-6-12-16/h14-15H,3-13H2,1-2H3. The lowest BCUT2D eigenvalue weighted by molar-refractivity contribution is 0.161. The van der Waals surface area contributed by atoms with Crippen molar-refractivity contribution in [3.8, 4) is 0 Å². The third kappa shape index (κ3) is 6.10. The van der Waals surface area contributed by atoms with E-state index in [9.17, 15) is 0 Å². The minimum atomic E-state index is 0.830. The van der Waals surface area contributed by atoms with Crippen molar-refractivity contribution in [1.29, 1.82) is 0 Å². The molecule has 0 spiro atoms. The van der Waals surface area contributed by atoms with Gasteiger partial charge in [0.05, 0.1) is 0 Å². The van der Waals surface area contributed by atoms with Crippen LogP contribution in [-0.4, -0.2) is 30.4 Å². The molecule has 0 amide bonds. The number of unbranched alkanes of at least 4 members (excludes halogenated alkanes) is 3. The Morgan fingerprint density at radius 1 is 1.00 bits per heavy atom. The second-order valence-electron chi connectivity index (χ2n) is 5.67. The van der Waals surface area contributed by atoms with Crippen LogP contribution in [0.5, 0.6) is 0 Å². The van der Waals surface area contributed by atoms with Crippen molar-refractivity contribution in [1.82, 2.24) is 4.90 Å². The minimum absolute atomic E-state index is 0.830. The van der Waals surface area contributed by atoms with Crippen LogP contribution in [0.15, 0.2) is 0 Å². The first-order valence-corrected chi connectivity index (χ1v) is 8.07. The molecular formula is C15H30ClN. The van der Waals surface area contributed by atoms with Gasteiger partial charge < -0.3 is 4.90 Å². The third-order valence-electron chi connectivity index (χ3n) is 4.41. The van der Waals surface area contributed by atoms with Gasteiger partial charge in [-0.15, -0.1) is 11.6 Å². The van der Waals surface area contributed by atoms with Crippen LogP contribution in [0, 0.1) is 5.92 Å². The molecule has 0 saturated heterocycles. The van der Waals surface area contributed by atoms with Crippen LogP contribution < -0.4 is 0 Å². The van der Waals surface area contributed by atoms with Gasteiger partial charge in [-0.05, 0) is 58.0 Å². The zero-order valence-corrected chi connectivity index (χ0v) is 12.5. The summed E-state index contributed by atoms with van der Waals surface area (Å²) in [6.07, 6.45) is 12.3. The first-order valence-electron chi connectivity index (χ1n) is 7.54. The van der Waals surface area contributed by atoms with E-state index < -0.39 is 0 Å². The van der Waals surface area contributed by atoms with Crippen LogP contribution in [-0.2, 0) is 0 Å². The molecule has 0 aromatic carbocycles. The normalized spacial score (nSPS) is 25.4. The van der Waals surface area contributed by atoms with Crippen LogP contribution in [0.3, 0.4) is 0 Å². The minimum Gasteiger partial charge on any atom is -0.303 e. The molecule has 2 heteroatoms. The Labute approximate surface area is 113 Å². The van der Waals surface area contributed by atoms with E-state index in [1.807, 2.05) is 0 Å². The Balaban J connectivity index is 2.05. The summed E-state index contributed by atoms with van der Waals surface area (Å²) >= 11 is 5.68. The van der Waals surface area contributed by atoms with E-state index >= 15 is 0 Å². The number of hydrogen-bond acceptors (Lipinski definition) is 1. The quantitative estimate of drug-likeness (QED) is 0.452. The fourth-order valence-corrected chi connectivity index (χ4v) is 3.17. The Morgan fingerprint density at radius 2 is 1.65 bits per heavy atom. The number of rotatable bonds is 8. The Bertz CT molecular complexity index is 176. The zero-order valence-electron chi connectivity index (χ0n) is 11.8. The average molecular weight is 260 g/mol. The molecule has 0 aromatic heterocycles. The zero-order chi connectivity index (χ0) is 12.5. The van der Waals surface area contributed by atoms with Gasteiger partial charge >= 0.3 is 0 Å². The fourth-order valence-electron chi connectivity index (χ4n) is 2.99. The van der Waals surface area contributed by atoms with Gasteiger partial charge in [-0.1, -0.05) is 26.2 Å². The van der Waals surface area contributed by atoms with E-state index in [1.54, 1.807) is 0 Å². The highest BCUT2D eigenvalue weighted by molar-refractivity contribution is 6.17. The van der Waals surface area contributed by atoms with E-state index in [0.29, 0.717) is 0 Å². The van der Waals surface area contributed by atoms with Crippen molar-refractivity contribution in [3.63, 3.8) is 0 Å². The molecule has 0 unspecified atom stereocenters. The molecule has 1 nitrogen and oxygen atoms in total. The third-order valence-corrected chi connectivity index (χ3v) is 4.68. The summed E-state index contributed by atoms with van der Waals surface area (Å²) in [5, 5.41) is 0. The molecule has 17 heavy (non-hydrogen) atoms. The molecule has 0 aromatic rings. The average Bonchev–Trinajstić information content (AvgIpc) is 2.38. The van der Waals surface area contributed by atoms with Gasteiger partial charge in [0.15, 0.2) is 0 Å². The topological polar surface area (TPSA) is 3.24 Å². The summed E-state index contributed by atoms with van der Waals surface area (Å²) in [5.41, 5.74) is 0. The summed E-state index contributed by atoms with van der Waals surface area (Å²) in [4.78, 5) is 2.60. The molecule has 0 atom stereocenters. The van der Waals surface area contributed by atoms with E-state index in [1.165, 1.54) is 64.3 Å². The monoisotopic (exact) mass is 259 g/mol. The predicted octanol–water partition coefficient (Wildman–Crippen LogP) is 4.69. The van der Waals surface area contributed by atoms with Gasteiger partial charge in [-0.2, -0.15) is 0 Å². The maximum Gasteiger partial charge on any atom is 0.0223 e. The molecule has 1 fully saturated rings. The van der Waals surface area contributed by atoms with Crippen LogP contribution >= 0.6 is 11.6 Å². The summed E-state index contributed by atoms with van der Waals surface area (Å²) in [5.74, 6) is 1.85. The van der Waals surface area contributed by atoms with Crippen LogP contribution in [0.4, 0.5) is 0 Å². The number of alkyl halides is 1. The van der Waals surface area contributed by atoms with Crippen LogP contribution in [0.25, 0.3) is 0 Å². The molecule has 102 valence electrons. The lowest BCUT2D eigenvalue weighted by atomic mass is 9.84. The smallest absolute Gasteiger partial charge is 0.0223 e. The molecule has 0 radical (unpaired) electrons. The Morgan fingerprint density at radius 3 is 2.24 bits per heavy atom. The predicted molar refractivity (Wildman–Crippen MR) is 77.9 cm³/mol. The molecular weight excluding hydrogens is 230 g/mol. The lowest BCUT2D eigenvalue weighted by Gasteiger charge is -2.34. The summed E-state index contributed by atoms with van der Waals surface area (Å²) < 4.78 is 0. The van der Waals surface area contributed by atoms with Crippen molar-refractivity contribution in [2.75, 3.05) is 19.5 Å². The van der Waals surface area contributed by atoms with E-state index in [4.69, 9.17) is 11.6 Å². The van der Waals surface area contributed by atoms with Crippen LogP contribution in [0.2, 0.25) is 0 Å². The number of hydrogen-bond donors (Lipinski definition) is 0. The van der Waals surface area contributed by atoms with Gasteiger partial charge in [0.2, 0.25) is 0 Å². The van der Waals surface area contributed by atoms with Crippen molar-refractivity contribution in [2.45, 2.75) is 70.8 Å². The highest BCUT2D eigenvalue weighted by Crippen LogP contribution is 2.28. The second-order valence-corrected chi connectivity index (χ2v) is 6.04. The van der Waals surface area contributed by atoms with Gasteiger partial charge in [-0.25, -0.2) is 0 Å². The van der Waals surface area contributed by atoms with Crippen molar-refractivity contribution < 1.29 is 0 Å². The fraction of sp³-hybridized carbons (Fsp3) is 1.00. The first-order chi connectivity index (χ1) is 8.27. The van der Waals surface area contributed by atoms with E-state index in [-0.39, 0.29) is 0 Å². The highest BCUT2D eigenvalue weighted by atomic mass is 35.5. The maximum absolute atomic E-state index is 5.68. The number of halogens is 1. The molecule has 0 heterocycles. The van der Waals surface area contributed by atoms with Gasteiger partial charge in [0.1, 0.15) is 0 Å². The summed E-state index contributed by atoms with van der Waals surface area (Å²) in [6.45, 7) is 3.62. The molecule has 1 rings (SSSR count). The number of nitrogens with zero attached hydrogens (tertiary/aromatic N) is 1. The van der Waals surface area contributed by atoms with Gasteiger partial charge in [0, 0.05) is 11.9 Å². The SMILES string of the molecule is CCC1CCC(N(C)CCCCCCCl)CC1. The molecule has 0 aliphatic heterocycles. The van der Waals surface area contributed by atoms with Crippen molar-refractivity contribution >= 4 is 11.6 Å². The van der Waals surface area contributed by atoms with E-state index in [0.717, 1.165) is 17.8 Å². The van der Waals surface area contributed by atoms with Gasteiger partial charge in [-0.3, -0.25) is 0 Å². The van der Waals surface area contributed by atoms with Crippen molar-refractivity contribution in [2.24, 2.45) is 5.92 Å². The van der Waals surface area contributed by atoms with Crippen molar-refractivity contribution in [3.05, 3.63) is 0 Å². The second kappa shape index (κ2) is 9.22. The Kier molecular flexibility index (Phi) is 8.30. The maximum atomic E-state index is 5.68. The molecule has 0 N–H and O–H groups in total. The lowest BCUT2D eigenvalue weighted by Crippen LogP contribution is -2.35. The Hall–Kier alpha value is 0.250. The van der Waals surface area contributed by atoms with Crippen LogP contribution in [0.1, 0.15) is 64.7 Å². The van der Waals surface area contributed by atoms with Gasteiger partial charge in [0.25, 0.3) is 0 Å². The molecule has 1 saturated carbocycles. The molecule has 0 bridgehead atoms. The summed E-state index contributed by atoms with van der Waals surface area (Å²) in [6, 6.07) is 0.867. The first kappa shape index (κ1) is 15.3. The largest absolute Gasteiger partial charge is 0.303 e.